The van der Waals surface area contributed by atoms with E-state index in [0.717, 1.165) is 17.1 Å². The minimum atomic E-state index is -0.345. The Bertz CT molecular complexity index is 943. The van der Waals surface area contributed by atoms with Crippen LogP contribution in [0.15, 0.2) is 59.8 Å². The molecule has 1 unspecified atom stereocenters. The molecular weight excluding hydrogens is 368 g/mol. The predicted octanol–water partition coefficient (Wildman–Crippen LogP) is 4.59. The third kappa shape index (κ3) is 4.28. The van der Waals surface area contributed by atoms with Crippen molar-refractivity contribution in [2.24, 2.45) is 5.73 Å². The average molecular weight is 395 g/mol. The smallest absolute Gasteiger partial charge is 0.231 e. The largest absolute Gasteiger partial charge is 0.369 e. The van der Waals surface area contributed by atoms with Crippen molar-refractivity contribution in [2.45, 2.75) is 49.9 Å². The van der Waals surface area contributed by atoms with Gasteiger partial charge in [0, 0.05) is 11.3 Å². The molecule has 0 radical (unpaired) electrons. The third-order valence-corrected chi connectivity index (χ3v) is 5.92. The van der Waals surface area contributed by atoms with Gasteiger partial charge in [-0.2, -0.15) is 0 Å². The highest BCUT2D eigenvalue weighted by Gasteiger charge is 2.22. The van der Waals surface area contributed by atoms with Crippen molar-refractivity contribution in [3.8, 4) is 17.1 Å². The zero-order valence-electron chi connectivity index (χ0n) is 16.7. The van der Waals surface area contributed by atoms with Crippen LogP contribution in [0.4, 0.5) is 0 Å². The molecule has 0 saturated carbocycles. The first-order valence-corrected chi connectivity index (χ1v) is 10.3. The van der Waals surface area contributed by atoms with Gasteiger partial charge in [0.1, 0.15) is 0 Å². The highest BCUT2D eigenvalue weighted by molar-refractivity contribution is 8.00. The van der Waals surface area contributed by atoms with Gasteiger partial charge < -0.3 is 5.73 Å². The van der Waals surface area contributed by atoms with Crippen molar-refractivity contribution in [3.63, 3.8) is 0 Å². The molecule has 6 heteroatoms. The number of para-hydroxylation sites is 1. The normalized spacial score (nSPS) is 12.7. The van der Waals surface area contributed by atoms with Crippen molar-refractivity contribution in [1.82, 2.24) is 14.8 Å². The summed E-state index contributed by atoms with van der Waals surface area (Å²) in [6.07, 6.45) is 0.636. The number of nitrogens with two attached hydrogens (primary N) is 1. The van der Waals surface area contributed by atoms with Gasteiger partial charge in [0.15, 0.2) is 11.0 Å². The molecular formula is C22H26N4OS. The maximum Gasteiger partial charge on any atom is 0.231 e. The first-order valence-electron chi connectivity index (χ1n) is 9.39. The number of carbonyl (C=O) groups excluding carboxylic acids is 1. The molecule has 0 bridgehead atoms. The second kappa shape index (κ2) is 8.19. The average Bonchev–Trinajstić information content (AvgIpc) is 3.09. The maximum atomic E-state index is 11.7. The standard InChI is InChI=1S/C22H26N4OS/c1-5-18(19(23)27)28-21-25-24-20(26(21)17-9-7-6-8-10-17)15-11-13-16(14-12-15)22(2,3)4/h6-14,18H,5H2,1-4H3,(H2,23,27). The zero-order chi connectivity index (χ0) is 20.3. The quantitative estimate of drug-likeness (QED) is 0.621. The van der Waals surface area contributed by atoms with E-state index in [1.807, 2.05) is 41.8 Å². The Morgan fingerprint density at radius 1 is 1.07 bits per heavy atom. The van der Waals surface area contributed by atoms with Crippen molar-refractivity contribution in [1.29, 1.82) is 0 Å². The van der Waals surface area contributed by atoms with Crippen LogP contribution in [0.2, 0.25) is 0 Å². The second-order valence-electron chi connectivity index (χ2n) is 7.72. The molecule has 0 aliphatic heterocycles. The number of nitrogens with zero attached hydrogens (tertiary/aromatic N) is 3. The summed E-state index contributed by atoms with van der Waals surface area (Å²) in [6.45, 7) is 8.52. The number of primary amides is 1. The van der Waals surface area contributed by atoms with Crippen molar-refractivity contribution in [3.05, 3.63) is 60.2 Å². The van der Waals surface area contributed by atoms with Gasteiger partial charge in [0.25, 0.3) is 0 Å². The fourth-order valence-electron chi connectivity index (χ4n) is 2.93. The molecule has 0 saturated heterocycles. The van der Waals surface area contributed by atoms with Gasteiger partial charge in [0.2, 0.25) is 5.91 Å². The van der Waals surface area contributed by atoms with Crippen LogP contribution in [0.25, 0.3) is 17.1 Å². The molecule has 1 amide bonds. The van der Waals surface area contributed by atoms with Gasteiger partial charge in [-0.05, 0) is 29.5 Å². The lowest BCUT2D eigenvalue weighted by molar-refractivity contribution is -0.117. The van der Waals surface area contributed by atoms with Crippen molar-refractivity contribution >= 4 is 17.7 Å². The maximum absolute atomic E-state index is 11.7. The Balaban J connectivity index is 2.08. The Labute approximate surface area is 170 Å². The van der Waals surface area contributed by atoms with Gasteiger partial charge >= 0.3 is 0 Å². The topological polar surface area (TPSA) is 73.8 Å². The summed E-state index contributed by atoms with van der Waals surface area (Å²) in [4.78, 5) is 11.7. The van der Waals surface area contributed by atoms with Crippen LogP contribution in [0, 0.1) is 0 Å². The van der Waals surface area contributed by atoms with Crippen molar-refractivity contribution in [2.75, 3.05) is 0 Å². The second-order valence-corrected chi connectivity index (χ2v) is 8.89. The van der Waals surface area contributed by atoms with Crippen LogP contribution in [0.1, 0.15) is 39.7 Å². The molecule has 3 rings (SSSR count). The third-order valence-electron chi connectivity index (χ3n) is 4.59. The van der Waals surface area contributed by atoms with Crippen LogP contribution < -0.4 is 5.73 Å². The zero-order valence-corrected chi connectivity index (χ0v) is 17.5. The molecule has 2 aromatic carbocycles. The molecule has 3 aromatic rings. The van der Waals surface area contributed by atoms with Gasteiger partial charge in [-0.15, -0.1) is 10.2 Å². The van der Waals surface area contributed by atoms with Crippen LogP contribution in [0.3, 0.4) is 0 Å². The number of thioether (sulfide) groups is 1. The number of amides is 1. The molecule has 0 aliphatic carbocycles. The van der Waals surface area contributed by atoms with E-state index in [0.29, 0.717) is 11.6 Å². The molecule has 28 heavy (non-hydrogen) atoms. The molecule has 5 nitrogen and oxygen atoms in total. The van der Waals surface area contributed by atoms with E-state index in [9.17, 15) is 4.79 Å². The fourth-order valence-corrected chi connectivity index (χ4v) is 3.85. The molecule has 1 atom stereocenters. The SMILES string of the molecule is CCC(Sc1nnc(-c2ccc(C(C)(C)C)cc2)n1-c1ccccc1)C(N)=O. The molecule has 146 valence electrons. The first kappa shape index (κ1) is 20.1. The predicted molar refractivity (Wildman–Crippen MR) is 115 cm³/mol. The summed E-state index contributed by atoms with van der Waals surface area (Å²) in [7, 11) is 0. The lowest BCUT2D eigenvalue weighted by atomic mass is 9.87. The first-order chi connectivity index (χ1) is 13.3. The van der Waals surface area contributed by atoms with E-state index in [4.69, 9.17) is 5.73 Å². The number of carbonyl (C=O) groups is 1. The van der Waals surface area contributed by atoms with E-state index >= 15 is 0 Å². The lowest BCUT2D eigenvalue weighted by Gasteiger charge is -2.19. The number of hydrogen-bond donors (Lipinski definition) is 1. The summed E-state index contributed by atoms with van der Waals surface area (Å²) in [6, 6.07) is 18.3. The summed E-state index contributed by atoms with van der Waals surface area (Å²) in [5.74, 6) is 0.402. The van der Waals surface area contributed by atoms with E-state index < -0.39 is 0 Å². The minimum absolute atomic E-state index is 0.0858. The van der Waals surface area contributed by atoms with Gasteiger partial charge in [0.05, 0.1) is 5.25 Å². The number of rotatable bonds is 6. The molecule has 2 N–H and O–H groups in total. The minimum Gasteiger partial charge on any atom is -0.369 e. The summed E-state index contributed by atoms with van der Waals surface area (Å²) < 4.78 is 1.99. The Morgan fingerprint density at radius 3 is 2.25 bits per heavy atom. The van der Waals surface area contributed by atoms with E-state index in [2.05, 4.69) is 55.2 Å². The monoisotopic (exact) mass is 394 g/mol. The molecule has 1 heterocycles. The summed E-state index contributed by atoms with van der Waals surface area (Å²) in [5.41, 5.74) is 8.81. The number of hydrogen-bond acceptors (Lipinski definition) is 4. The Hall–Kier alpha value is -2.60. The van der Waals surface area contributed by atoms with Crippen molar-refractivity contribution < 1.29 is 4.79 Å². The Morgan fingerprint density at radius 2 is 1.71 bits per heavy atom. The molecule has 0 spiro atoms. The summed E-state index contributed by atoms with van der Waals surface area (Å²) in [5, 5.41) is 9.13. The molecule has 0 fully saturated rings. The van der Waals surface area contributed by atoms with Crippen LogP contribution >= 0.6 is 11.8 Å². The Kier molecular flexibility index (Phi) is 5.89. The molecule has 1 aromatic heterocycles. The molecule has 0 aliphatic rings. The van der Waals surface area contributed by atoms with Crippen LogP contribution in [-0.4, -0.2) is 25.9 Å². The van der Waals surface area contributed by atoms with Gasteiger partial charge in [-0.1, -0.05) is 81.9 Å². The van der Waals surface area contributed by atoms with E-state index in [-0.39, 0.29) is 16.6 Å². The van der Waals surface area contributed by atoms with Crippen LogP contribution in [-0.2, 0) is 10.2 Å². The van der Waals surface area contributed by atoms with Gasteiger partial charge in [-0.25, -0.2) is 0 Å². The number of benzene rings is 2. The fraction of sp³-hybridized carbons (Fsp3) is 0.318. The summed E-state index contributed by atoms with van der Waals surface area (Å²) >= 11 is 1.36. The van der Waals surface area contributed by atoms with Gasteiger partial charge in [-0.3, -0.25) is 9.36 Å². The van der Waals surface area contributed by atoms with E-state index in [1.54, 1.807) is 0 Å². The highest BCUT2D eigenvalue weighted by atomic mass is 32.2. The highest BCUT2D eigenvalue weighted by Crippen LogP contribution is 2.32. The van der Waals surface area contributed by atoms with Crippen LogP contribution in [0.5, 0.6) is 0 Å². The lowest BCUT2D eigenvalue weighted by Crippen LogP contribution is -2.25. The van der Waals surface area contributed by atoms with E-state index in [1.165, 1.54) is 17.3 Å². The number of aromatic nitrogens is 3.